The summed E-state index contributed by atoms with van der Waals surface area (Å²) >= 11 is 3.54. The minimum absolute atomic E-state index is 0.720. The van der Waals surface area contributed by atoms with Gasteiger partial charge in [0.25, 0.3) is 0 Å². The Morgan fingerprint density at radius 1 is 1.14 bits per heavy atom. The van der Waals surface area contributed by atoms with Crippen LogP contribution in [0.1, 0.15) is 5.56 Å². The molecule has 0 fully saturated rings. The van der Waals surface area contributed by atoms with Gasteiger partial charge in [-0.2, -0.15) is 0 Å². The number of anilines is 3. The average molecular weight is 340 g/mol. The van der Waals surface area contributed by atoms with E-state index in [1.807, 2.05) is 12.1 Å². The number of hydrogen-bond donors (Lipinski definition) is 1. The Kier molecular flexibility index (Phi) is 2.86. The Morgan fingerprint density at radius 3 is 2.90 bits per heavy atom. The lowest BCUT2D eigenvalue weighted by atomic mass is 10.1. The van der Waals surface area contributed by atoms with Crippen LogP contribution in [0.4, 0.5) is 17.1 Å². The maximum atomic E-state index is 6.25. The number of aromatic nitrogens is 1. The second-order valence-electron chi connectivity index (χ2n) is 5.25. The van der Waals surface area contributed by atoms with Crippen molar-refractivity contribution in [2.45, 2.75) is 6.42 Å². The van der Waals surface area contributed by atoms with E-state index in [4.69, 9.17) is 5.73 Å². The molecule has 0 unspecified atom stereocenters. The molecule has 1 aliphatic heterocycles. The quantitative estimate of drug-likeness (QED) is 0.719. The van der Waals surface area contributed by atoms with Crippen LogP contribution in [0, 0.1) is 0 Å². The monoisotopic (exact) mass is 339 g/mol. The first-order valence-corrected chi connectivity index (χ1v) is 7.72. The molecule has 0 spiro atoms. The lowest BCUT2D eigenvalue weighted by Gasteiger charge is -2.23. The molecule has 3 nitrogen and oxygen atoms in total. The zero-order valence-electron chi connectivity index (χ0n) is 11.4. The summed E-state index contributed by atoms with van der Waals surface area (Å²) in [4.78, 5) is 6.74. The van der Waals surface area contributed by atoms with E-state index in [1.54, 1.807) is 6.20 Å². The van der Waals surface area contributed by atoms with E-state index < -0.39 is 0 Å². The molecule has 0 radical (unpaired) electrons. The van der Waals surface area contributed by atoms with Crippen LogP contribution in [0.2, 0.25) is 0 Å². The molecule has 0 atom stereocenters. The topological polar surface area (TPSA) is 42.1 Å². The maximum absolute atomic E-state index is 6.25. The first kappa shape index (κ1) is 12.7. The lowest BCUT2D eigenvalue weighted by Crippen LogP contribution is -2.15. The van der Waals surface area contributed by atoms with Gasteiger partial charge in [-0.25, -0.2) is 0 Å². The summed E-state index contributed by atoms with van der Waals surface area (Å²) in [5.41, 5.74) is 11.6. The molecule has 21 heavy (non-hydrogen) atoms. The second-order valence-corrected chi connectivity index (χ2v) is 6.17. The van der Waals surface area contributed by atoms with E-state index in [9.17, 15) is 0 Å². The van der Waals surface area contributed by atoms with Crippen LogP contribution < -0.4 is 10.6 Å². The highest BCUT2D eigenvalue weighted by atomic mass is 79.9. The molecule has 2 heterocycles. The van der Waals surface area contributed by atoms with Crippen molar-refractivity contribution in [3.05, 3.63) is 58.7 Å². The van der Waals surface area contributed by atoms with Gasteiger partial charge in [-0.15, -0.1) is 0 Å². The van der Waals surface area contributed by atoms with E-state index in [0.29, 0.717) is 0 Å². The number of nitrogen functional groups attached to an aromatic ring is 1. The predicted octanol–water partition coefficient (Wildman–Crippen LogP) is 4.27. The van der Waals surface area contributed by atoms with E-state index in [0.717, 1.165) is 39.7 Å². The number of rotatable bonds is 1. The smallest absolute Gasteiger partial charge is 0.0756 e. The van der Waals surface area contributed by atoms with Crippen LogP contribution in [-0.4, -0.2) is 11.5 Å². The van der Waals surface area contributed by atoms with Crippen LogP contribution in [0.5, 0.6) is 0 Å². The molecule has 4 heteroatoms. The Labute approximate surface area is 131 Å². The van der Waals surface area contributed by atoms with Crippen molar-refractivity contribution in [3.63, 3.8) is 0 Å². The first-order valence-electron chi connectivity index (χ1n) is 6.93. The minimum Gasteiger partial charge on any atom is -0.396 e. The van der Waals surface area contributed by atoms with Gasteiger partial charge in [0, 0.05) is 22.1 Å². The summed E-state index contributed by atoms with van der Waals surface area (Å²) in [5.74, 6) is 0. The highest BCUT2D eigenvalue weighted by molar-refractivity contribution is 9.10. The fourth-order valence-corrected chi connectivity index (χ4v) is 3.40. The molecule has 3 aromatic rings. The van der Waals surface area contributed by atoms with Crippen molar-refractivity contribution in [1.29, 1.82) is 0 Å². The Morgan fingerprint density at radius 2 is 2.00 bits per heavy atom. The third kappa shape index (κ3) is 1.98. The Hall–Kier alpha value is -2.07. The van der Waals surface area contributed by atoms with Gasteiger partial charge in [-0.05, 0) is 36.2 Å². The van der Waals surface area contributed by atoms with E-state index >= 15 is 0 Å². The Balaban J connectivity index is 1.99. The molecule has 0 bridgehead atoms. The molecule has 1 aromatic heterocycles. The number of fused-ring (bicyclic) bond motifs is 2. The summed E-state index contributed by atoms with van der Waals surface area (Å²) in [7, 11) is 0. The number of hydrogen-bond acceptors (Lipinski definition) is 3. The fourth-order valence-electron chi connectivity index (χ4n) is 3.04. The average Bonchev–Trinajstić information content (AvgIpc) is 2.91. The van der Waals surface area contributed by atoms with Crippen LogP contribution >= 0.6 is 15.9 Å². The highest BCUT2D eigenvalue weighted by Crippen LogP contribution is 2.41. The van der Waals surface area contributed by atoms with Crippen molar-refractivity contribution in [2.24, 2.45) is 0 Å². The van der Waals surface area contributed by atoms with Gasteiger partial charge in [0.15, 0.2) is 0 Å². The molecule has 0 aliphatic carbocycles. The number of pyridine rings is 1. The first-order chi connectivity index (χ1) is 10.2. The van der Waals surface area contributed by atoms with Crippen molar-refractivity contribution < 1.29 is 0 Å². The van der Waals surface area contributed by atoms with E-state index in [2.05, 4.69) is 56.1 Å². The zero-order chi connectivity index (χ0) is 14.4. The van der Waals surface area contributed by atoms with E-state index in [1.165, 1.54) is 11.3 Å². The maximum Gasteiger partial charge on any atom is 0.0756 e. The lowest BCUT2D eigenvalue weighted by molar-refractivity contribution is 1.00. The van der Waals surface area contributed by atoms with Gasteiger partial charge in [0.05, 0.1) is 23.1 Å². The SMILES string of the molecule is Nc1cnc2ccc(Br)cc2c1N1CCc2ccccc21. The van der Waals surface area contributed by atoms with Crippen molar-refractivity contribution in [1.82, 2.24) is 4.98 Å². The predicted molar refractivity (Wildman–Crippen MR) is 91.0 cm³/mol. The molecule has 2 N–H and O–H groups in total. The molecule has 2 aromatic carbocycles. The Bertz CT molecular complexity index is 839. The molecule has 4 rings (SSSR count). The second kappa shape index (κ2) is 4.74. The van der Waals surface area contributed by atoms with Gasteiger partial charge in [0.2, 0.25) is 0 Å². The van der Waals surface area contributed by atoms with Crippen molar-refractivity contribution in [2.75, 3.05) is 17.2 Å². The summed E-state index contributed by atoms with van der Waals surface area (Å²) in [6.45, 7) is 0.954. The number of halogens is 1. The van der Waals surface area contributed by atoms with Gasteiger partial charge in [-0.1, -0.05) is 34.1 Å². The van der Waals surface area contributed by atoms with E-state index in [-0.39, 0.29) is 0 Å². The third-order valence-electron chi connectivity index (χ3n) is 3.99. The normalized spacial score (nSPS) is 13.7. The summed E-state index contributed by atoms with van der Waals surface area (Å²) in [6.07, 6.45) is 2.81. The standard InChI is InChI=1S/C17H14BrN3/c18-12-5-6-15-13(9-12)17(14(19)10-20-15)21-8-7-11-3-1-2-4-16(11)21/h1-6,9-10H,7-8,19H2. The summed E-state index contributed by atoms with van der Waals surface area (Å²) < 4.78 is 1.04. The molecule has 1 aliphatic rings. The van der Waals surface area contributed by atoms with Crippen LogP contribution in [0.3, 0.4) is 0 Å². The van der Waals surface area contributed by atoms with Gasteiger partial charge >= 0.3 is 0 Å². The van der Waals surface area contributed by atoms with Gasteiger partial charge in [-0.3, -0.25) is 4.98 Å². The molecular formula is C17H14BrN3. The van der Waals surface area contributed by atoms with Crippen LogP contribution in [-0.2, 0) is 6.42 Å². The minimum atomic E-state index is 0.720. The number of nitrogens with zero attached hydrogens (tertiary/aromatic N) is 2. The number of nitrogens with two attached hydrogens (primary N) is 1. The largest absolute Gasteiger partial charge is 0.396 e. The summed E-state index contributed by atoms with van der Waals surface area (Å²) in [5, 5.41) is 1.08. The molecule has 0 saturated heterocycles. The van der Waals surface area contributed by atoms with Crippen molar-refractivity contribution >= 4 is 43.9 Å². The van der Waals surface area contributed by atoms with Crippen LogP contribution in [0.15, 0.2) is 53.1 Å². The zero-order valence-corrected chi connectivity index (χ0v) is 13.0. The molecule has 0 saturated carbocycles. The number of para-hydroxylation sites is 1. The van der Waals surface area contributed by atoms with Gasteiger partial charge < -0.3 is 10.6 Å². The van der Waals surface area contributed by atoms with Crippen molar-refractivity contribution in [3.8, 4) is 0 Å². The molecular weight excluding hydrogens is 326 g/mol. The third-order valence-corrected chi connectivity index (χ3v) is 4.48. The number of benzene rings is 2. The highest BCUT2D eigenvalue weighted by Gasteiger charge is 2.23. The summed E-state index contributed by atoms with van der Waals surface area (Å²) in [6, 6.07) is 14.6. The van der Waals surface area contributed by atoms with Crippen LogP contribution in [0.25, 0.3) is 10.9 Å². The van der Waals surface area contributed by atoms with Gasteiger partial charge in [0.1, 0.15) is 0 Å². The fraction of sp³-hybridized carbons (Fsp3) is 0.118. The molecule has 104 valence electrons. The molecule has 0 amide bonds.